The van der Waals surface area contributed by atoms with Gasteiger partial charge in [0.25, 0.3) is 10.9 Å². The van der Waals surface area contributed by atoms with Gasteiger partial charge in [-0.25, -0.2) is 0 Å². The second-order valence-corrected chi connectivity index (χ2v) is 6.76. The summed E-state index contributed by atoms with van der Waals surface area (Å²) in [6.45, 7) is 0. The number of benzene rings is 2. The van der Waals surface area contributed by atoms with Gasteiger partial charge in [0.2, 0.25) is 5.89 Å². The molecule has 0 unspecified atom stereocenters. The van der Waals surface area contributed by atoms with E-state index in [4.69, 9.17) is 27.6 Å². The van der Waals surface area contributed by atoms with Gasteiger partial charge in [-0.2, -0.15) is 0 Å². The van der Waals surface area contributed by atoms with Gasteiger partial charge in [0.15, 0.2) is 5.78 Å². The maximum absolute atomic E-state index is 12.1. The van der Waals surface area contributed by atoms with Crippen molar-refractivity contribution in [1.29, 1.82) is 0 Å². The maximum Gasteiger partial charge on any atom is 0.277 e. The van der Waals surface area contributed by atoms with Crippen molar-refractivity contribution in [3.05, 3.63) is 68.2 Å². The summed E-state index contributed by atoms with van der Waals surface area (Å²) in [7, 11) is 0. The SMILES string of the molecule is O=C(CSc1nnc(-c2ccc(Cl)c(Cl)c2)o1)c1ccc([N+](=O)[O-])cc1. The monoisotopic (exact) mass is 409 g/mol. The van der Waals surface area contributed by atoms with E-state index in [2.05, 4.69) is 10.2 Å². The van der Waals surface area contributed by atoms with E-state index in [1.54, 1.807) is 18.2 Å². The number of carbonyl (C=O) groups is 1. The Morgan fingerprint density at radius 2 is 1.85 bits per heavy atom. The van der Waals surface area contributed by atoms with Gasteiger partial charge in [0, 0.05) is 23.3 Å². The number of thioether (sulfide) groups is 1. The number of rotatable bonds is 6. The minimum absolute atomic E-state index is 0.0564. The summed E-state index contributed by atoms with van der Waals surface area (Å²) in [6.07, 6.45) is 0. The van der Waals surface area contributed by atoms with E-state index in [9.17, 15) is 14.9 Å². The van der Waals surface area contributed by atoms with Crippen LogP contribution >= 0.6 is 35.0 Å². The average molecular weight is 410 g/mol. The molecule has 0 aliphatic heterocycles. The van der Waals surface area contributed by atoms with Crippen LogP contribution in [0.5, 0.6) is 0 Å². The molecule has 0 saturated carbocycles. The highest BCUT2D eigenvalue weighted by atomic mass is 35.5. The molecule has 0 amide bonds. The molecule has 0 saturated heterocycles. The van der Waals surface area contributed by atoms with Gasteiger partial charge >= 0.3 is 0 Å². The third kappa shape index (κ3) is 4.21. The third-order valence-corrected chi connectivity index (χ3v) is 4.86. The molecule has 1 heterocycles. The Morgan fingerprint density at radius 1 is 1.12 bits per heavy atom. The average Bonchev–Trinajstić information content (AvgIpc) is 3.11. The Morgan fingerprint density at radius 3 is 2.50 bits per heavy atom. The van der Waals surface area contributed by atoms with Gasteiger partial charge in [-0.15, -0.1) is 10.2 Å². The molecule has 0 radical (unpaired) electrons. The zero-order valence-electron chi connectivity index (χ0n) is 12.9. The summed E-state index contributed by atoms with van der Waals surface area (Å²) < 4.78 is 5.50. The molecule has 3 aromatic rings. The number of ketones is 1. The first-order valence-corrected chi connectivity index (χ1v) is 8.87. The van der Waals surface area contributed by atoms with Crippen molar-refractivity contribution in [3.63, 3.8) is 0 Å². The lowest BCUT2D eigenvalue weighted by Gasteiger charge is -1.99. The van der Waals surface area contributed by atoms with Crippen molar-refractivity contribution < 1.29 is 14.1 Å². The Bertz CT molecular complexity index is 976. The highest BCUT2D eigenvalue weighted by Crippen LogP contribution is 2.29. The minimum Gasteiger partial charge on any atom is -0.411 e. The van der Waals surface area contributed by atoms with Crippen molar-refractivity contribution in [2.24, 2.45) is 0 Å². The van der Waals surface area contributed by atoms with E-state index in [1.165, 1.54) is 24.3 Å². The second-order valence-electron chi connectivity index (χ2n) is 5.02. The fraction of sp³-hybridized carbons (Fsp3) is 0.0625. The number of hydrogen-bond acceptors (Lipinski definition) is 7. The number of carbonyl (C=O) groups excluding carboxylic acids is 1. The molecule has 1 aromatic heterocycles. The molecule has 0 aliphatic rings. The lowest BCUT2D eigenvalue weighted by atomic mass is 10.1. The number of hydrogen-bond donors (Lipinski definition) is 0. The molecule has 3 rings (SSSR count). The summed E-state index contributed by atoms with van der Waals surface area (Å²) in [5.41, 5.74) is 0.908. The van der Waals surface area contributed by atoms with Crippen LogP contribution in [0.4, 0.5) is 5.69 Å². The van der Waals surface area contributed by atoms with Gasteiger partial charge < -0.3 is 4.42 Å². The molecule has 7 nitrogen and oxygen atoms in total. The maximum atomic E-state index is 12.1. The van der Waals surface area contributed by atoms with Crippen LogP contribution in [0.15, 0.2) is 52.1 Å². The standard InChI is InChI=1S/C16H9Cl2N3O4S/c17-12-6-3-10(7-13(12)18)15-19-20-16(25-15)26-8-14(22)9-1-4-11(5-2-9)21(23)24/h1-7H,8H2. The van der Waals surface area contributed by atoms with Crippen LogP contribution in [0.25, 0.3) is 11.5 Å². The summed E-state index contributed by atoms with van der Waals surface area (Å²) in [5, 5.41) is 19.4. The molecule has 2 aromatic carbocycles. The van der Waals surface area contributed by atoms with Gasteiger partial charge in [0.1, 0.15) is 0 Å². The van der Waals surface area contributed by atoms with Gasteiger partial charge in [-0.05, 0) is 30.3 Å². The van der Waals surface area contributed by atoms with Crippen LogP contribution in [0, 0.1) is 10.1 Å². The van der Waals surface area contributed by atoms with E-state index >= 15 is 0 Å². The quantitative estimate of drug-likeness (QED) is 0.246. The number of nitro benzene ring substituents is 1. The van der Waals surface area contributed by atoms with Gasteiger partial charge in [0.05, 0.1) is 20.7 Å². The Kier molecular flexibility index (Phi) is 5.55. The smallest absolute Gasteiger partial charge is 0.277 e. The largest absolute Gasteiger partial charge is 0.411 e. The lowest BCUT2D eigenvalue weighted by molar-refractivity contribution is -0.384. The number of nitro groups is 1. The number of halogens is 2. The number of non-ortho nitro benzene ring substituents is 1. The van der Waals surface area contributed by atoms with Crippen LogP contribution in [0.2, 0.25) is 10.0 Å². The Labute approximate surface area is 161 Å². The summed E-state index contributed by atoms with van der Waals surface area (Å²) in [4.78, 5) is 22.2. The van der Waals surface area contributed by atoms with E-state index < -0.39 is 4.92 Å². The highest BCUT2D eigenvalue weighted by molar-refractivity contribution is 7.99. The number of nitrogens with zero attached hydrogens (tertiary/aromatic N) is 3. The van der Waals surface area contributed by atoms with E-state index in [1.807, 2.05) is 0 Å². The molecule has 0 N–H and O–H groups in total. The number of aromatic nitrogens is 2. The van der Waals surface area contributed by atoms with E-state index in [0.29, 0.717) is 21.2 Å². The first-order chi connectivity index (χ1) is 12.4. The minimum atomic E-state index is -0.522. The zero-order chi connectivity index (χ0) is 18.7. The lowest BCUT2D eigenvalue weighted by Crippen LogP contribution is -2.02. The van der Waals surface area contributed by atoms with Crippen molar-refractivity contribution in [2.45, 2.75) is 5.22 Å². The van der Waals surface area contributed by atoms with Crippen molar-refractivity contribution in [3.8, 4) is 11.5 Å². The predicted octanol–water partition coefficient (Wildman–Crippen LogP) is 4.93. The van der Waals surface area contributed by atoms with Crippen LogP contribution in [-0.2, 0) is 0 Å². The third-order valence-electron chi connectivity index (χ3n) is 3.30. The van der Waals surface area contributed by atoms with Crippen LogP contribution in [-0.4, -0.2) is 26.7 Å². The van der Waals surface area contributed by atoms with Crippen molar-refractivity contribution >= 4 is 46.4 Å². The highest BCUT2D eigenvalue weighted by Gasteiger charge is 2.14. The summed E-state index contributed by atoms with van der Waals surface area (Å²) in [6, 6.07) is 10.3. The van der Waals surface area contributed by atoms with Crippen LogP contribution in [0.1, 0.15) is 10.4 Å². The fourth-order valence-corrected chi connectivity index (χ4v) is 2.95. The molecular formula is C16H9Cl2N3O4S. The molecule has 0 aliphatic carbocycles. The van der Waals surface area contributed by atoms with Crippen LogP contribution < -0.4 is 0 Å². The Hall–Kier alpha value is -2.42. The predicted molar refractivity (Wildman–Crippen MR) is 97.9 cm³/mol. The summed E-state index contributed by atoms with van der Waals surface area (Å²) >= 11 is 12.9. The van der Waals surface area contributed by atoms with Crippen molar-refractivity contribution in [2.75, 3.05) is 5.75 Å². The summed E-state index contributed by atoms with van der Waals surface area (Å²) in [5.74, 6) is 0.105. The second kappa shape index (κ2) is 7.86. The molecule has 10 heteroatoms. The van der Waals surface area contributed by atoms with Gasteiger partial charge in [-0.1, -0.05) is 35.0 Å². The Balaban J connectivity index is 1.65. The van der Waals surface area contributed by atoms with E-state index in [-0.39, 0.29) is 28.3 Å². The molecule has 0 atom stereocenters. The molecule has 0 fully saturated rings. The number of Topliss-reactive ketones (excluding diaryl/α,β-unsaturated/α-hetero) is 1. The first-order valence-electron chi connectivity index (χ1n) is 7.13. The topological polar surface area (TPSA) is 99.1 Å². The molecule has 132 valence electrons. The molecule has 26 heavy (non-hydrogen) atoms. The van der Waals surface area contributed by atoms with Gasteiger partial charge in [-0.3, -0.25) is 14.9 Å². The fourth-order valence-electron chi connectivity index (χ4n) is 1.99. The zero-order valence-corrected chi connectivity index (χ0v) is 15.2. The normalized spacial score (nSPS) is 10.7. The molecule has 0 bridgehead atoms. The van der Waals surface area contributed by atoms with Crippen LogP contribution in [0.3, 0.4) is 0 Å². The first kappa shape index (κ1) is 18.4. The molecular weight excluding hydrogens is 401 g/mol. The molecule has 0 spiro atoms. The van der Waals surface area contributed by atoms with Crippen molar-refractivity contribution in [1.82, 2.24) is 10.2 Å². The van der Waals surface area contributed by atoms with E-state index in [0.717, 1.165) is 11.8 Å².